The number of aromatic nitrogens is 5. The summed E-state index contributed by atoms with van der Waals surface area (Å²) in [6.07, 6.45) is 5.01. The van der Waals surface area contributed by atoms with Crippen LogP contribution in [0.25, 0.3) is 16.7 Å². The monoisotopic (exact) mass is 422 g/mol. The van der Waals surface area contributed by atoms with Crippen LogP contribution in [0.1, 0.15) is 55.7 Å². The normalized spacial score (nSPS) is 11.6. The van der Waals surface area contributed by atoms with Crippen molar-refractivity contribution in [2.45, 2.75) is 39.7 Å². The zero-order valence-electron chi connectivity index (χ0n) is 17.3. The molecule has 3 aromatic heterocycles. The molecular weight excluding hydrogens is 400 g/mol. The molecule has 1 N–H and O–H groups in total. The molecule has 0 fully saturated rings. The van der Waals surface area contributed by atoms with Crippen molar-refractivity contribution in [2.24, 2.45) is 0 Å². The molecule has 0 saturated carbocycles. The summed E-state index contributed by atoms with van der Waals surface area (Å²) >= 11 is 6.00. The highest BCUT2D eigenvalue weighted by Gasteiger charge is 2.21. The van der Waals surface area contributed by atoms with E-state index >= 15 is 0 Å². The summed E-state index contributed by atoms with van der Waals surface area (Å²) in [7, 11) is 0. The van der Waals surface area contributed by atoms with Crippen molar-refractivity contribution in [1.82, 2.24) is 24.5 Å². The Hall–Kier alpha value is -3.19. The topological polar surface area (TPSA) is 77.6 Å². The second kappa shape index (κ2) is 7.91. The Morgan fingerprint density at radius 2 is 1.77 bits per heavy atom. The molecule has 4 aromatic rings. The predicted octanol–water partition coefficient (Wildman–Crippen LogP) is 5.23. The number of halogens is 1. The molecule has 30 heavy (non-hydrogen) atoms. The van der Waals surface area contributed by atoms with Crippen molar-refractivity contribution >= 4 is 34.2 Å². The molecule has 7 nitrogen and oxygen atoms in total. The van der Waals surface area contributed by atoms with Gasteiger partial charge in [0.25, 0.3) is 5.91 Å². The van der Waals surface area contributed by atoms with Gasteiger partial charge in [-0.2, -0.15) is 10.2 Å². The first-order chi connectivity index (χ1) is 14.3. The third-order valence-electron chi connectivity index (χ3n) is 4.85. The van der Waals surface area contributed by atoms with Crippen molar-refractivity contribution in [2.75, 3.05) is 5.32 Å². The molecule has 0 bridgehead atoms. The van der Waals surface area contributed by atoms with E-state index in [1.807, 2.05) is 36.7 Å². The van der Waals surface area contributed by atoms with E-state index in [2.05, 4.69) is 34.3 Å². The van der Waals surface area contributed by atoms with E-state index < -0.39 is 0 Å². The number of anilines is 1. The van der Waals surface area contributed by atoms with Crippen molar-refractivity contribution in [3.8, 4) is 5.69 Å². The lowest BCUT2D eigenvalue weighted by Crippen LogP contribution is -2.15. The quantitative estimate of drug-likeness (QED) is 0.477. The molecule has 0 radical (unpaired) electrons. The lowest BCUT2D eigenvalue weighted by molar-refractivity contribution is 0.102. The maximum absolute atomic E-state index is 13.1. The highest BCUT2D eigenvalue weighted by atomic mass is 35.5. The fraction of sp³-hybridized carbons (Fsp3) is 0.273. The van der Waals surface area contributed by atoms with Crippen molar-refractivity contribution in [3.05, 3.63) is 65.2 Å². The minimum Gasteiger partial charge on any atom is -0.320 e. The Bertz CT molecular complexity index is 1210. The second-order valence-electron chi connectivity index (χ2n) is 7.76. The number of nitrogens with zero attached hydrogens (tertiary/aromatic N) is 5. The van der Waals surface area contributed by atoms with Crippen LogP contribution in [0.3, 0.4) is 0 Å². The Labute approximate surface area is 179 Å². The number of hydrogen-bond donors (Lipinski definition) is 1. The highest BCUT2D eigenvalue weighted by Crippen LogP contribution is 2.25. The summed E-state index contributed by atoms with van der Waals surface area (Å²) in [5, 5.41) is 13.3. The minimum atomic E-state index is -0.226. The van der Waals surface area contributed by atoms with Crippen molar-refractivity contribution in [3.63, 3.8) is 0 Å². The van der Waals surface area contributed by atoms with Gasteiger partial charge < -0.3 is 5.32 Å². The van der Waals surface area contributed by atoms with Gasteiger partial charge in [0.2, 0.25) is 0 Å². The molecule has 1 aromatic carbocycles. The molecular formula is C22H23ClN6O. The number of hydrogen-bond acceptors (Lipinski definition) is 4. The summed E-state index contributed by atoms with van der Waals surface area (Å²) in [6.45, 7) is 8.17. The number of carbonyl (C=O) groups is 1. The molecule has 0 aliphatic rings. The van der Waals surface area contributed by atoms with Gasteiger partial charge >= 0.3 is 0 Å². The van der Waals surface area contributed by atoms with Gasteiger partial charge in [-0.1, -0.05) is 25.4 Å². The summed E-state index contributed by atoms with van der Waals surface area (Å²) in [5.41, 5.74) is 3.62. The Morgan fingerprint density at radius 3 is 2.43 bits per heavy atom. The summed E-state index contributed by atoms with van der Waals surface area (Å²) < 4.78 is 3.64. The van der Waals surface area contributed by atoms with Gasteiger partial charge in [-0.05, 0) is 50.1 Å². The molecule has 0 aliphatic heterocycles. The SMILES string of the molecule is CC(C)c1c(C(=O)Nc2cnc3c(cnn3C(C)C)c2)cnn1-c1ccc(Cl)cc1. The van der Waals surface area contributed by atoms with Crippen LogP contribution in [0.5, 0.6) is 0 Å². The van der Waals surface area contributed by atoms with Gasteiger partial charge in [-0.15, -0.1) is 0 Å². The molecule has 154 valence electrons. The van der Waals surface area contributed by atoms with Crippen molar-refractivity contribution in [1.29, 1.82) is 0 Å². The van der Waals surface area contributed by atoms with Crippen LogP contribution >= 0.6 is 11.6 Å². The lowest BCUT2D eigenvalue weighted by Gasteiger charge is -2.13. The van der Waals surface area contributed by atoms with E-state index in [4.69, 9.17) is 11.6 Å². The van der Waals surface area contributed by atoms with E-state index in [0.717, 1.165) is 22.4 Å². The smallest absolute Gasteiger partial charge is 0.259 e. The van der Waals surface area contributed by atoms with Crippen LogP contribution in [-0.4, -0.2) is 30.5 Å². The van der Waals surface area contributed by atoms with Crippen LogP contribution in [0, 0.1) is 0 Å². The number of amides is 1. The van der Waals surface area contributed by atoms with Crippen LogP contribution in [-0.2, 0) is 0 Å². The molecule has 0 saturated heterocycles. The van der Waals surface area contributed by atoms with Gasteiger partial charge in [-0.3, -0.25) is 4.79 Å². The Morgan fingerprint density at radius 1 is 1.03 bits per heavy atom. The van der Waals surface area contributed by atoms with Crippen LogP contribution in [0.15, 0.2) is 48.9 Å². The first kappa shape index (κ1) is 20.1. The number of pyridine rings is 1. The molecule has 0 unspecified atom stereocenters. The average Bonchev–Trinajstić information content (AvgIpc) is 3.33. The molecule has 3 heterocycles. The standard InChI is InChI=1S/C22H23ClN6O/c1-13(2)20-19(12-26-29(20)18-7-5-16(23)6-8-18)22(30)27-17-9-15-10-25-28(14(3)4)21(15)24-11-17/h5-14H,1-4H3,(H,27,30). The fourth-order valence-electron chi connectivity index (χ4n) is 3.46. The predicted molar refractivity (Wildman–Crippen MR) is 119 cm³/mol. The zero-order valence-corrected chi connectivity index (χ0v) is 18.1. The maximum Gasteiger partial charge on any atom is 0.259 e. The maximum atomic E-state index is 13.1. The third kappa shape index (κ3) is 3.68. The molecule has 0 spiro atoms. The highest BCUT2D eigenvalue weighted by molar-refractivity contribution is 6.30. The summed E-state index contributed by atoms with van der Waals surface area (Å²) in [6, 6.07) is 9.47. The van der Waals surface area contributed by atoms with Crippen LogP contribution in [0.4, 0.5) is 5.69 Å². The molecule has 1 amide bonds. The minimum absolute atomic E-state index is 0.0915. The van der Waals surface area contributed by atoms with Crippen molar-refractivity contribution < 1.29 is 4.79 Å². The first-order valence-corrected chi connectivity index (χ1v) is 10.2. The third-order valence-corrected chi connectivity index (χ3v) is 5.10. The summed E-state index contributed by atoms with van der Waals surface area (Å²) in [4.78, 5) is 17.5. The van der Waals surface area contributed by atoms with Gasteiger partial charge in [0.15, 0.2) is 5.65 Å². The van der Waals surface area contributed by atoms with E-state index in [0.29, 0.717) is 16.3 Å². The number of nitrogens with one attached hydrogen (secondary N) is 1. The van der Waals surface area contributed by atoms with E-state index in [9.17, 15) is 4.79 Å². The Balaban J connectivity index is 1.65. The summed E-state index contributed by atoms with van der Waals surface area (Å²) in [5.74, 6) is -0.134. The average molecular weight is 423 g/mol. The largest absolute Gasteiger partial charge is 0.320 e. The lowest BCUT2D eigenvalue weighted by atomic mass is 10.0. The number of rotatable bonds is 5. The van der Waals surface area contributed by atoms with Crippen LogP contribution in [0.2, 0.25) is 5.02 Å². The number of benzene rings is 1. The van der Waals surface area contributed by atoms with Gasteiger partial charge in [0, 0.05) is 16.5 Å². The Kier molecular flexibility index (Phi) is 5.30. The van der Waals surface area contributed by atoms with Gasteiger partial charge in [-0.25, -0.2) is 14.3 Å². The van der Waals surface area contributed by atoms with Crippen LogP contribution < -0.4 is 5.32 Å². The zero-order chi connectivity index (χ0) is 21.4. The number of fused-ring (bicyclic) bond motifs is 1. The second-order valence-corrected chi connectivity index (χ2v) is 8.20. The van der Waals surface area contributed by atoms with E-state index in [1.54, 1.807) is 35.4 Å². The molecule has 0 atom stereocenters. The molecule has 0 aliphatic carbocycles. The number of carbonyl (C=O) groups excluding carboxylic acids is 1. The van der Waals surface area contributed by atoms with E-state index in [1.165, 1.54) is 0 Å². The van der Waals surface area contributed by atoms with Gasteiger partial charge in [0.1, 0.15) is 0 Å². The molecule has 4 rings (SSSR count). The van der Waals surface area contributed by atoms with Gasteiger partial charge in [0.05, 0.1) is 41.2 Å². The molecule has 8 heteroatoms. The fourth-order valence-corrected chi connectivity index (χ4v) is 3.59. The first-order valence-electron chi connectivity index (χ1n) is 9.83. The van der Waals surface area contributed by atoms with E-state index in [-0.39, 0.29) is 17.9 Å².